The topological polar surface area (TPSA) is 58.0 Å². The summed E-state index contributed by atoms with van der Waals surface area (Å²) in [7, 11) is 0. The number of H-pyrrole nitrogens is 1. The number of hydrogen-bond donors (Lipinski definition) is 2. The number of aromatic amines is 1. The molecule has 0 aliphatic heterocycles. The van der Waals surface area contributed by atoms with Gasteiger partial charge in [-0.3, -0.25) is 9.55 Å². The van der Waals surface area contributed by atoms with Crippen LogP contribution in [0.1, 0.15) is 12.6 Å². The van der Waals surface area contributed by atoms with Crippen molar-refractivity contribution in [2.45, 2.75) is 20.4 Å². The second kappa shape index (κ2) is 2.21. The molecular formula is C6H10N2O2. The molecule has 0 spiro atoms. The Kier molecular flexibility index (Phi) is 1.53. The van der Waals surface area contributed by atoms with Crippen molar-refractivity contribution < 1.29 is 5.11 Å². The first-order valence-electron chi connectivity index (χ1n) is 3.15. The molecule has 1 rings (SSSR count). The van der Waals surface area contributed by atoms with E-state index in [0.29, 0.717) is 12.2 Å². The minimum Gasteiger partial charge on any atom is -0.493 e. The molecule has 0 atom stereocenters. The van der Waals surface area contributed by atoms with Crippen molar-refractivity contribution in [2.24, 2.45) is 0 Å². The third-order valence-corrected chi connectivity index (χ3v) is 1.53. The molecule has 56 valence electrons. The van der Waals surface area contributed by atoms with E-state index in [-0.39, 0.29) is 11.6 Å². The Morgan fingerprint density at radius 3 is 2.50 bits per heavy atom. The molecular weight excluding hydrogens is 132 g/mol. The molecule has 1 aromatic rings. The zero-order valence-electron chi connectivity index (χ0n) is 6.01. The zero-order valence-corrected chi connectivity index (χ0v) is 6.01. The quantitative estimate of drug-likeness (QED) is 0.589. The first-order chi connectivity index (χ1) is 4.66. The van der Waals surface area contributed by atoms with Gasteiger partial charge in [-0.25, -0.2) is 4.79 Å². The lowest BCUT2D eigenvalue weighted by Crippen LogP contribution is -2.16. The highest BCUT2D eigenvalue weighted by molar-refractivity contribution is 5.15. The molecule has 0 radical (unpaired) electrons. The van der Waals surface area contributed by atoms with Crippen LogP contribution < -0.4 is 5.69 Å². The van der Waals surface area contributed by atoms with E-state index >= 15 is 0 Å². The molecule has 0 fully saturated rings. The Bertz CT molecular complexity index is 284. The van der Waals surface area contributed by atoms with Crippen molar-refractivity contribution in [1.82, 2.24) is 9.55 Å². The average Bonchev–Trinajstić information content (AvgIpc) is 2.09. The highest BCUT2D eigenvalue weighted by atomic mass is 16.3. The SMILES string of the molecule is CCn1c(C)c(O)[nH]c1=O. The van der Waals surface area contributed by atoms with Gasteiger partial charge in [0.1, 0.15) is 0 Å². The van der Waals surface area contributed by atoms with E-state index in [1.54, 1.807) is 6.92 Å². The van der Waals surface area contributed by atoms with Gasteiger partial charge >= 0.3 is 5.69 Å². The van der Waals surface area contributed by atoms with E-state index in [4.69, 9.17) is 5.11 Å². The molecule has 0 saturated carbocycles. The fourth-order valence-electron chi connectivity index (χ4n) is 0.920. The van der Waals surface area contributed by atoms with Crippen LogP contribution in [0.15, 0.2) is 4.79 Å². The third kappa shape index (κ3) is 0.814. The summed E-state index contributed by atoms with van der Waals surface area (Å²) >= 11 is 0. The summed E-state index contributed by atoms with van der Waals surface area (Å²) in [5, 5.41) is 8.98. The second-order valence-electron chi connectivity index (χ2n) is 2.11. The summed E-state index contributed by atoms with van der Waals surface area (Å²) < 4.78 is 1.47. The first kappa shape index (κ1) is 6.92. The summed E-state index contributed by atoms with van der Waals surface area (Å²) in [6, 6.07) is 0. The van der Waals surface area contributed by atoms with E-state index in [2.05, 4.69) is 4.98 Å². The average molecular weight is 142 g/mol. The minimum absolute atomic E-state index is 0.0353. The Labute approximate surface area is 58.1 Å². The van der Waals surface area contributed by atoms with E-state index in [9.17, 15) is 4.79 Å². The zero-order chi connectivity index (χ0) is 7.72. The van der Waals surface area contributed by atoms with E-state index in [1.807, 2.05) is 6.92 Å². The van der Waals surface area contributed by atoms with Crippen LogP contribution in [-0.4, -0.2) is 14.7 Å². The van der Waals surface area contributed by atoms with Crippen LogP contribution in [-0.2, 0) is 6.54 Å². The fourth-order valence-corrected chi connectivity index (χ4v) is 0.920. The highest BCUT2D eigenvalue weighted by Crippen LogP contribution is 2.07. The van der Waals surface area contributed by atoms with Crippen molar-refractivity contribution in [3.63, 3.8) is 0 Å². The molecule has 1 heterocycles. The van der Waals surface area contributed by atoms with Gasteiger partial charge in [0.05, 0.1) is 5.69 Å². The highest BCUT2D eigenvalue weighted by Gasteiger charge is 2.04. The van der Waals surface area contributed by atoms with Gasteiger partial charge in [0.2, 0.25) is 5.88 Å². The lowest BCUT2D eigenvalue weighted by atomic mass is 10.5. The molecule has 0 aromatic carbocycles. The summed E-state index contributed by atoms with van der Waals surface area (Å²) in [6.07, 6.45) is 0. The molecule has 0 bridgehead atoms. The molecule has 10 heavy (non-hydrogen) atoms. The van der Waals surface area contributed by atoms with Gasteiger partial charge in [0.25, 0.3) is 0 Å². The lowest BCUT2D eigenvalue weighted by molar-refractivity contribution is 0.450. The van der Waals surface area contributed by atoms with Crippen LogP contribution in [0.2, 0.25) is 0 Å². The maximum atomic E-state index is 10.8. The van der Waals surface area contributed by atoms with Crippen molar-refractivity contribution in [3.8, 4) is 5.88 Å². The van der Waals surface area contributed by atoms with Crippen LogP contribution in [0.25, 0.3) is 0 Å². The smallest absolute Gasteiger partial charge is 0.328 e. The lowest BCUT2D eigenvalue weighted by Gasteiger charge is -1.95. The van der Waals surface area contributed by atoms with Gasteiger partial charge in [-0.05, 0) is 13.8 Å². The van der Waals surface area contributed by atoms with E-state index in [1.165, 1.54) is 4.57 Å². The molecule has 2 N–H and O–H groups in total. The van der Waals surface area contributed by atoms with Gasteiger partial charge in [-0.1, -0.05) is 0 Å². The Morgan fingerprint density at radius 2 is 2.30 bits per heavy atom. The number of nitrogens with one attached hydrogen (secondary N) is 1. The van der Waals surface area contributed by atoms with Crippen LogP contribution in [0.5, 0.6) is 5.88 Å². The maximum Gasteiger partial charge on any atom is 0.328 e. The van der Waals surface area contributed by atoms with Gasteiger partial charge in [0.15, 0.2) is 0 Å². The van der Waals surface area contributed by atoms with Crippen molar-refractivity contribution in [1.29, 1.82) is 0 Å². The molecule has 1 aromatic heterocycles. The number of rotatable bonds is 1. The van der Waals surface area contributed by atoms with Crippen molar-refractivity contribution >= 4 is 0 Å². The van der Waals surface area contributed by atoms with E-state index < -0.39 is 0 Å². The molecule has 0 saturated heterocycles. The van der Waals surface area contributed by atoms with Gasteiger partial charge in [-0.2, -0.15) is 0 Å². The molecule has 0 aliphatic rings. The molecule has 0 amide bonds. The number of aromatic nitrogens is 2. The van der Waals surface area contributed by atoms with Crippen LogP contribution >= 0.6 is 0 Å². The second-order valence-corrected chi connectivity index (χ2v) is 2.11. The number of imidazole rings is 1. The Balaban J connectivity index is 3.34. The third-order valence-electron chi connectivity index (χ3n) is 1.53. The molecule has 0 unspecified atom stereocenters. The molecule has 0 aliphatic carbocycles. The predicted molar refractivity (Wildman–Crippen MR) is 37.1 cm³/mol. The van der Waals surface area contributed by atoms with Crippen LogP contribution in [0, 0.1) is 6.92 Å². The predicted octanol–water partition coefficient (Wildman–Crippen LogP) is 0.210. The summed E-state index contributed by atoms with van der Waals surface area (Å²) in [5.41, 5.74) is 0.338. The van der Waals surface area contributed by atoms with Crippen LogP contribution in [0.4, 0.5) is 0 Å². The Morgan fingerprint density at radius 1 is 1.70 bits per heavy atom. The molecule has 4 heteroatoms. The summed E-state index contributed by atoms with van der Waals surface area (Å²) in [6.45, 7) is 4.13. The van der Waals surface area contributed by atoms with Gasteiger partial charge < -0.3 is 5.11 Å². The van der Waals surface area contributed by atoms with Gasteiger partial charge in [-0.15, -0.1) is 0 Å². The number of nitrogens with zero attached hydrogens (tertiary/aromatic N) is 1. The normalized spacial score (nSPS) is 10.2. The minimum atomic E-state index is -0.252. The van der Waals surface area contributed by atoms with Crippen molar-refractivity contribution in [2.75, 3.05) is 0 Å². The first-order valence-corrected chi connectivity index (χ1v) is 3.15. The monoisotopic (exact) mass is 142 g/mol. The summed E-state index contributed by atoms with van der Waals surface area (Å²) in [5.74, 6) is -0.0353. The fraction of sp³-hybridized carbons (Fsp3) is 0.500. The van der Waals surface area contributed by atoms with Gasteiger partial charge in [0, 0.05) is 6.54 Å². The largest absolute Gasteiger partial charge is 0.493 e. The van der Waals surface area contributed by atoms with E-state index in [0.717, 1.165) is 0 Å². The van der Waals surface area contributed by atoms with Crippen molar-refractivity contribution in [3.05, 3.63) is 16.2 Å². The standard InChI is InChI=1S/C6H10N2O2/c1-3-8-4(2)5(9)7-6(8)10/h9H,3H2,1-2H3,(H,7,10). The van der Waals surface area contributed by atoms with Crippen LogP contribution in [0.3, 0.4) is 0 Å². The maximum absolute atomic E-state index is 10.8. The number of aromatic hydroxyl groups is 1. The molecule has 4 nitrogen and oxygen atoms in total. The summed E-state index contributed by atoms with van der Waals surface area (Å²) in [4.78, 5) is 13.1. The Hall–Kier alpha value is -1.19. The number of hydrogen-bond acceptors (Lipinski definition) is 2.